The number of fused-ring (bicyclic) bond motifs is 3. The second kappa shape index (κ2) is 15.5. The fourth-order valence-corrected chi connectivity index (χ4v) is 8.47. The van der Waals surface area contributed by atoms with Crippen molar-refractivity contribution in [2.45, 2.75) is 0 Å². The Labute approximate surface area is 354 Å². The third kappa shape index (κ3) is 6.86. The van der Waals surface area contributed by atoms with E-state index in [1.54, 1.807) is 0 Å². The molecule has 0 saturated carbocycles. The molecule has 0 unspecified atom stereocenters. The first kappa shape index (κ1) is 35.9. The molecule has 4 heteroatoms. The molecule has 0 atom stereocenters. The van der Waals surface area contributed by atoms with Gasteiger partial charge in [-0.05, 0) is 87.0 Å². The third-order valence-corrected chi connectivity index (χ3v) is 11.5. The van der Waals surface area contributed by atoms with Crippen LogP contribution in [0.2, 0.25) is 0 Å². The summed E-state index contributed by atoms with van der Waals surface area (Å²) < 4.78 is 2.37. The first-order chi connectivity index (χ1) is 30.2. The van der Waals surface area contributed by atoms with E-state index in [2.05, 4.69) is 229 Å². The van der Waals surface area contributed by atoms with Crippen LogP contribution in [0.5, 0.6) is 0 Å². The van der Waals surface area contributed by atoms with E-state index >= 15 is 0 Å². The molecule has 0 aliphatic carbocycles. The minimum absolute atomic E-state index is 0.595. The van der Waals surface area contributed by atoms with Gasteiger partial charge in [0.1, 0.15) is 0 Å². The SMILES string of the molecule is c1ccc(-c2cccc(-c3cccc(-c4nc(-c5cccc(-c6ccccc6)c5)nc(-c5ccc(-c6ccccc6)cc5-n5c6ccccc6c6ccccc65)n4)c3)c2)cc1. The number of benzene rings is 9. The number of aromatic nitrogens is 4. The fourth-order valence-electron chi connectivity index (χ4n) is 8.47. The van der Waals surface area contributed by atoms with Gasteiger partial charge in [-0.2, -0.15) is 0 Å². The van der Waals surface area contributed by atoms with Crippen LogP contribution in [-0.4, -0.2) is 19.5 Å². The minimum Gasteiger partial charge on any atom is -0.308 e. The van der Waals surface area contributed by atoms with Gasteiger partial charge in [0, 0.05) is 27.5 Å². The number of rotatable bonds is 8. The van der Waals surface area contributed by atoms with Gasteiger partial charge in [-0.25, -0.2) is 15.0 Å². The van der Waals surface area contributed by atoms with Crippen LogP contribution in [0.3, 0.4) is 0 Å². The van der Waals surface area contributed by atoms with Crippen LogP contribution in [0.4, 0.5) is 0 Å². The van der Waals surface area contributed by atoms with E-state index in [1.807, 2.05) is 6.07 Å². The molecular formula is C57H38N4. The summed E-state index contributed by atoms with van der Waals surface area (Å²) >= 11 is 0. The van der Waals surface area contributed by atoms with Gasteiger partial charge in [0.25, 0.3) is 0 Å². The molecule has 11 rings (SSSR count). The number of hydrogen-bond acceptors (Lipinski definition) is 3. The molecule has 0 amide bonds. The highest BCUT2D eigenvalue weighted by atomic mass is 15.1. The standard InChI is InChI=1S/C57H38N4/c1-4-17-39(18-5-1)42-23-14-25-44(35-42)45-26-16-28-48(37-45)56-58-55(47-27-15-24-43(36-47)40-19-6-2-7-20-40)59-57(60-56)51-34-33-46(41-21-8-3-9-22-41)38-54(51)61-52-31-12-10-29-49(52)50-30-11-13-32-53(50)61/h1-38H. The fraction of sp³-hybridized carbons (Fsp3) is 0. The molecule has 9 aromatic carbocycles. The van der Waals surface area contributed by atoms with Crippen molar-refractivity contribution in [2.24, 2.45) is 0 Å². The first-order valence-electron chi connectivity index (χ1n) is 20.6. The smallest absolute Gasteiger partial charge is 0.166 e. The highest BCUT2D eigenvalue weighted by molar-refractivity contribution is 6.09. The number of hydrogen-bond donors (Lipinski definition) is 0. The second-order valence-electron chi connectivity index (χ2n) is 15.2. The average Bonchev–Trinajstić information content (AvgIpc) is 3.69. The van der Waals surface area contributed by atoms with Crippen LogP contribution >= 0.6 is 0 Å². The lowest BCUT2D eigenvalue weighted by Gasteiger charge is -2.17. The van der Waals surface area contributed by atoms with Gasteiger partial charge in [-0.15, -0.1) is 0 Å². The molecule has 286 valence electrons. The number of nitrogens with zero attached hydrogens (tertiary/aromatic N) is 4. The van der Waals surface area contributed by atoms with Crippen LogP contribution in [0.1, 0.15) is 0 Å². The van der Waals surface area contributed by atoms with Crippen molar-refractivity contribution < 1.29 is 0 Å². The summed E-state index contributed by atoms with van der Waals surface area (Å²) in [5.41, 5.74) is 15.0. The van der Waals surface area contributed by atoms with Crippen molar-refractivity contribution in [3.05, 3.63) is 231 Å². The number of para-hydroxylation sites is 2. The van der Waals surface area contributed by atoms with Gasteiger partial charge in [0.05, 0.1) is 16.7 Å². The van der Waals surface area contributed by atoms with Gasteiger partial charge >= 0.3 is 0 Å². The Kier molecular flexibility index (Phi) is 9.14. The summed E-state index contributed by atoms with van der Waals surface area (Å²) in [5.74, 6) is 1.80. The largest absolute Gasteiger partial charge is 0.308 e. The van der Waals surface area contributed by atoms with Crippen molar-refractivity contribution in [1.29, 1.82) is 0 Å². The summed E-state index contributed by atoms with van der Waals surface area (Å²) in [4.78, 5) is 16.0. The predicted molar refractivity (Wildman–Crippen MR) is 252 cm³/mol. The molecule has 2 heterocycles. The zero-order valence-electron chi connectivity index (χ0n) is 33.2. The molecule has 0 aliphatic rings. The monoisotopic (exact) mass is 778 g/mol. The molecule has 0 bridgehead atoms. The Bertz CT molecular complexity index is 3300. The normalized spacial score (nSPS) is 11.3. The molecule has 0 aliphatic heterocycles. The van der Waals surface area contributed by atoms with Crippen molar-refractivity contribution in [1.82, 2.24) is 19.5 Å². The molecule has 0 fully saturated rings. The van der Waals surface area contributed by atoms with E-state index in [0.29, 0.717) is 17.5 Å². The highest BCUT2D eigenvalue weighted by Crippen LogP contribution is 2.39. The Morgan fingerprint density at radius 2 is 0.590 bits per heavy atom. The van der Waals surface area contributed by atoms with Crippen LogP contribution < -0.4 is 0 Å². The van der Waals surface area contributed by atoms with Gasteiger partial charge in [-0.1, -0.05) is 188 Å². The summed E-state index contributed by atoms with van der Waals surface area (Å²) in [7, 11) is 0. The van der Waals surface area contributed by atoms with E-state index in [-0.39, 0.29) is 0 Å². The summed E-state index contributed by atoms with van der Waals surface area (Å²) in [6.07, 6.45) is 0. The Hall–Kier alpha value is -8.21. The average molecular weight is 779 g/mol. The minimum atomic E-state index is 0.595. The molecule has 0 radical (unpaired) electrons. The van der Waals surface area contributed by atoms with Crippen LogP contribution in [-0.2, 0) is 0 Å². The van der Waals surface area contributed by atoms with Gasteiger partial charge in [0.2, 0.25) is 0 Å². The van der Waals surface area contributed by atoms with Crippen molar-refractivity contribution in [3.8, 4) is 84.4 Å². The zero-order valence-corrected chi connectivity index (χ0v) is 33.2. The van der Waals surface area contributed by atoms with Gasteiger partial charge < -0.3 is 4.57 Å². The van der Waals surface area contributed by atoms with Crippen LogP contribution in [0.25, 0.3) is 106 Å². The molecule has 61 heavy (non-hydrogen) atoms. The highest BCUT2D eigenvalue weighted by Gasteiger charge is 2.21. The van der Waals surface area contributed by atoms with Gasteiger partial charge in [-0.3, -0.25) is 0 Å². The molecule has 0 saturated heterocycles. The lowest BCUT2D eigenvalue weighted by molar-refractivity contribution is 1.06. The first-order valence-corrected chi connectivity index (χ1v) is 20.6. The van der Waals surface area contributed by atoms with E-state index in [9.17, 15) is 0 Å². The van der Waals surface area contributed by atoms with Gasteiger partial charge in [0.15, 0.2) is 17.5 Å². The second-order valence-corrected chi connectivity index (χ2v) is 15.2. The Morgan fingerprint density at radius 1 is 0.246 bits per heavy atom. The van der Waals surface area contributed by atoms with E-state index in [4.69, 9.17) is 15.0 Å². The third-order valence-electron chi connectivity index (χ3n) is 11.5. The van der Waals surface area contributed by atoms with E-state index in [1.165, 1.54) is 21.9 Å². The zero-order chi connectivity index (χ0) is 40.5. The maximum absolute atomic E-state index is 5.38. The maximum atomic E-state index is 5.38. The van der Waals surface area contributed by atoms with Crippen LogP contribution in [0.15, 0.2) is 231 Å². The molecule has 11 aromatic rings. The van der Waals surface area contributed by atoms with Crippen LogP contribution in [0, 0.1) is 0 Å². The summed E-state index contributed by atoms with van der Waals surface area (Å²) in [6, 6.07) is 81.1. The molecule has 4 nitrogen and oxygen atoms in total. The molecular weight excluding hydrogens is 741 g/mol. The molecule has 2 aromatic heterocycles. The predicted octanol–water partition coefficient (Wildman–Crippen LogP) is 14.6. The lowest BCUT2D eigenvalue weighted by Crippen LogP contribution is -2.04. The summed E-state index contributed by atoms with van der Waals surface area (Å²) in [5, 5.41) is 2.38. The van der Waals surface area contributed by atoms with Crippen molar-refractivity contribution in [3.63, 3.8) is 0 Å². The quantitative estimate of drug-likeness (QED) is 0.154. The van der Waals surface area contributed by atoms with Crippen molar-refractivity contribution in [2.75, 3.05) is 0 Å². The van der Waals surface area contributed by atoms with Crippen molar-refractivity contribution >= 4 is 21.8 Å². The lowest BCUT2D eigenvalue weighted by atomic mass is 9.98. The summed E-state index contributed by atoms with van der Waals surface area (Å²) in [6.45, 7) is 0. The Morgan fingerprint density at radius 3 is 1.07 bits per heavy atom. The topological polar surface area (TPSA) is 43.6 Å². The Balaban J connectivity index is 1.14. The maximum Gasteiger partial charge on any atom is 0.166 e. The molecule has 0 spiro atoms. The van der Waals surface area contributed by atoms with E-state index in [0.717, 1.165) is 66.8 Å². The molecule has 0 N–H and O–H groups in total. The van der Waals surface area contributed by atoms with E-state index < -0.39 is 0 Å².